The lowest BCUT2D eigenvalue weighted by atomic mass is 10.0. The normalized spacial score (nSPS) is 20.3. The van der Waals surface area contributed by atoms with Crippen LogP contribution in [0, 0.1) is 0 Å². The fourth-order valence-corrected chi connectivity index (χ4v) is 4.61. The SMILES string of the molecule is CCC1CCCCN1S(=O)(=O)c1ccc(C(=O)O)cc1N. The summed E-state index contributed by atoms with van der Waals surface area (Å²) in [6.45, 7) is 2.45. The number of nitrogens with two attached hydrogens (primary N) is 1. The molecule has 1 fully saturated rings. The number of piperidine rings is 1. The molecule has 21 heavy (non-hydrogen) atoms. The molecule has 0 spiro atoms. The first-order valence-corrected chi connectivity index (χ1v) is 8.46. The maximum absolute atomic E-state index is 12.8. The smallest absolute Gasteiger partial charge is 0.335 e. The molecule has 0 bridgehead atoms. The van der Waals surface area contributed by atoms with Crippen molar-refractivity contribution < 1.29 is 18.3 Å². The topological polar surface area (TPSA) is 101 Å². The van der Waals surface area contributed by atoms with Crippen LogP contribution in [0.2, 0.25) is 0 Å². The molecule has 1 unspecified atom stereocenters. The molecule has 1 aliphatic heterocycles. The molecule has 1 atom stereocenters. The molecular weight excluding hydrogens is 292 g/mol. The second-order valence-electron chi connectivity index (χ2n) is 5.23. The number of carbonyl (C=O) groups is 1. The third-order valence-corrected chi connectivity index (χ3v) is 5.91. The summed E-state index contributed by atoms with van der Waals surface area (Å²) >= 11 is 0. The number of carboxylic acids is 1. The lowest BCUT2D eigenvalue weighted by Crippen LogP contribution is -2.43. The Morgan fingerprint density at radius 3 is 2.71 bits per heavy atom. The number of nitrogens with zero attached hydrogens (tertiary/aromatic N) is 1. The first-order chi connectivity index (χ1) is 9.87. The lowest BCUT2D eigenvalue weighted by Gasteiger charge is -2.34. The van der Waals surface area contributed by atoms with E-state index in [0.717, 1.165) is 25.7 Å². The average molecular weight is 312 g/mol. The molecule has 6 nitrogen and oxygen atoms in total. The van der Waals surface area contributed by atoms with Gasteiger partial charge in [-0.25, -0.2) is 13.2 Å². The van der Waals surface area contributed by atoms with Crippen molar-refractivity contribution in [2.24, 2.45) is 0 Å². The number of aromatic carboxylic acids is 1. The molecular formula is C14H20N2O4S. The van der Waals surface area contributed by atoms with Gasteiger partial charge in [-0.1, -0.05) is 13.3 Å². The molecule has 0 aliphatic carbocycles. The molecule has 2 rings (SSSR count). The Kier molecular flexibility index (Phi) is 4.53. The lowest BCUT2D eigenvalue weighted by molar-refractivity contribution is 0.0697. The zero-order valence-electron chi connectivity index (χ0n) is 11.9. The average Bonchev–Trinajstić information content (AvgIpc) is 2.46. The van der Waals surface area contributed by atoms with E-state index < -0.39 is 16.0 Å². The third kappa shape index (κ3) is 3.03. The third-order valence-electron chi connectivity index (χ3n) is 3.89. The fourth-order valence-electron chi connectivity index (χ4n) is 2.74. The maximum Gasteiger partial charge on any atom is 0.335 e. The number of anilines is 1. The van der Waals surface area contributed by atoms with E-state index in [4.69, 9.17) is 10.8 Å². The minimum absolute atomic E-state index is 0.00662. The number of nitrogen functional groups attached to an aromatic ring is 1. The van der Waals surface area contributed by atoms with Crippen LogP contribution in [0.1, 0.15) is 43.0 Å². The first kappa shape index (κ1) is 15.8. The summed E-state index contributed by atoms with van der Waals surface area (Å²) in [7, 11) is -3.68. The highest BCUT2D eigenvalue weighted by Crippen LogP contribution is 2.30. The van der Waals surface area contributed by atoms with Gasteiger partial charge >= 0.3 is 5.97 Å². The number of rotatable bonds is 4. The molecule has 1 heterocycles. The van der Waals surface area contributed by atoms with E-state index in [1.165, 1.54) is 22.5 Å². The monoisotopic (exact) mass is 312 g/mol. The van der Waals surface area contributed by atoms with Gasteiger partial charge in [0.1, 0.15) is 4.90 Å². The molecule has 3 N–H and O–H groups in total. The quantitative estimate of drug-likeness (QED) is 0.827. The summed E-state index contributed by atoms with van der Waals surface area (Å²) in [5, 5.41) is 8.92. The van der Waals surface area contributed by atoms with E-state index in [9.17, 15) is 13.2 Å². The number of sulfonamides is 1. The van der Waals surface area contributed by atoms with Crippen LogP contribution in [-0.2, 0) is 10.0 Å². The minimum Gasteiger partial charge on any atom is -0.478 e. The molecule has 1 aromatic rings. The Bertz CT molecular complexity index is 642. The summed E-state index contributed by atoms with van der Waals surface area (Å²) in [6.07, 6.45) is 3.47. The fraction of sp³-hybridized carbons (Fsp3) is 0.500. The molecule has 0 amide bonds. The van der Waals surface area contributed by atoms with Gasteiger partial charge in [-0.2, -0.15) is 4.31 Å². The first-order valence-electron chi connectivity index (χ1n) is 7.02. The van der Waals surface area contributed by atoms with E-state index >= 15 is 0 Å². The van der Waals surface area contributed by atoms with E-state index in [1.54, 1.807) is 0 Å². The minimum atomic E-state index is -3.68. The van der Waals surface area contributed by atoms with E-state index in [-0.39, 0.29) is 22.2 Å². The van der Waals surface area contributed by atoms with Gasteiger partial charge in [0.15, 0.2) is 0 Å². The van der Waals surface area contributed by atoms with Crippen molar-refractivity contribution >= 4 is 21.7 Å². The second kappa shape index (κ2) is 6.03. The van der Waals surface area contributed by atoms with Gasteiger partial charge in [-0.05, 0) is 37.5 Å². The Labute approximate surface area is 124 Å². The van der Waals surface area contributed by atoms with Crippen LogP contribution in [0.3, 0.4) is 0 Å². The van der Waals surface area contributed by atoms with Gasteiger partial charge in [0.2, 0.25) is 10.0 Å². The van der Waals surface area contributed by atoms with Crippen LogP contribution in [0.4, 0.5) is 5.69 Å². The highest BCUT2D eigenvalue weighted by atomic mass is 32.2. The van der Waals surface area contributed by atoms with Crippen molar-refractivity contribution in [3.05, 3.63) is 23.8 Å². The van der Waals surface area contributed by atoms with Crippen molar-refractivity contribution in [3.63, 3.8) is 0 Å². The predicted octanol–water partition coefficient (Wildman–Crippen LogP) is 1.92. The number of hydrogen-bond donors (Lipinski definition) is 2. The summed E-state index contributed by atoms with van der Waals surface area (Å²) in [6, 6.07) is 3.74. The van der Waals surface area contributed by atoms with Crippen molar-refractivity contribution in [1.29, 1.82) is 0 Å². The zero-order valence-corrected chi connectivity index (χ0v) is 12.8. The van der Waals surface area contributed by atoms with Gasteiger partial charge in [-0.15, -0.1) is 0 Å². The maximum atomic E-state index is 12.8. The Balaban J connectivity index is 2.41. The Hall–Kier alpha value is -1.60. The van der Waals surface area contributed by atoms with E-state index in [1.807, 2.05) is 6.92 Å². The summed E-state index contributed by atoms with van der Waals surface area (Å²) in [5.41, 5.74) is 5.73. The summed E-state index contributed by atoms with van der Waals surface area (Å²) in [4.78, 5) is 10.9. The van der Waals surface area contributed by atoms with Crippen molar-refractivity contribution in [1.82, 2.24) is 4.31 Å². The van der Waals surface area contributed by atoms with Crippen LogP contribution < -0.4 is 5.73 Å². The van der Waals surface area contributed by atoms with Gasteiger partial charge < -0.3 is 10.8 Å². The highest BCUT2D eigenvalue weighted by Gasteiger charge is 2.33. The van der Waals surface area contributed by atoms with Crippen LogP contribution in [0.5, 0.6) is 0 Å². The molecule has 1 saturated heterocycles. The predicted molar refractivity (Wildman–Crippen MR) is 79.6 cm³/mol. The Morgan fingerprint density at radius 2 is 2.14 bits per heavy atom. The summed E-state index contributed by atoms with van der Waals surface area (Å²) < 4.78 is 27.0. The van der Waals surface area contributed by atoms with E-state index in [0.29, 0.717) is 6.54 Å². The molecule has 7 heteroatoms. The Morgan fingerprint density at radius 1 is 1.43 bits per heavy atom. The standard InChI is InChI=1S/C14H20N2O4S/c1-2-11-5-3-4-8-16(11)21(19,20)13-7-6-10(14(17)18)9-12(13)15/h6-7,9,11H,2-5,8,15H2,1H3,(H,17,18). The van der Waals surface area contributed by atoms with Crippen LogP contribution in [0.15, 0.2) is 23.1 Å². The molecule has 0 aromatic heterocycles. The van der Waals surface area contributed by atoms with Gasteiger partial charge in [0, 0.05) is 12.6 Å². The van der Waals surface area contributed by atoms with Gasteiger partial charge in [0.25, 0.3) is 0 Å². The van der Waals surface area contributed by atoms with Gasteiger partial charge in [0.05, 0.1) is 11.3 Å². The number of benzene rings is 1. The number of carboxylic acid groups (broad SMARTS) is 1. The van der Waals surface area contributed by atoms with Crippen molar-refractivity contribution in [2.45, 2.75) is 43.5 Å². The van der Waals surface area contributed by atoms with Crippen LogP contribution in [0.25, 0.3) is 0 Å². The number of hydrogen-bond acceptors (Lipinski definition) is 4. The van der Waals surface area contributed by atoms with Crippen LogP contribution >= 0.6 is 0 Å². The summed E-state index contributed by atoms with van der Waals surface area (Å²) in [5.74, 6) is -1.13. The second-order valence-corrected chi connectivity index (χ2v) is 7.09. The molecule has 1 aromatic carbocycles. The molecule has 0 radical (unpaired) electrons. The van der Waals surface area contributed by atoms with Gasteiger partial charge in [-0.3, -0.25) is 0 Å². The molecule has 0 saturated carbocycles. The van der Waals surface area contributed by atoms with Crippen LogP contribution in [-0.4, -0.2) is 36.4 Å². The largest absolute Gasteiger partial charge is 0.478 e. The zero-order chi connectivity index (χ0) is 15.6. The van der Waals surface area contributed by atoms with Crippen molar-refractivity contribution in [2.75, 3.05) is 12.3 Å². The molecule has 1 aliphatic rings. The van der Waals surface area contributed by atoms with Crippen molar-refractivity contribution in [3.8, 4) is 0 Å². The highest BCUT2D eigenvalue weighted by molar-refractivity contribution is 7.89. The molecule has 116 valence electrons. The van der Waals surface area contributed by atoms with E-state index in [2.05, 4.69) is 0 Å².